The summed E-state index contributed by atoms with van der Waals surface area (Å²) >= 11 is 3.29. The molecule has 3 rings (SSSR count). The molecule has 3 aromatic rings. The fraction of sp³-hybridized carbons (Fsp3) is 0.0952. The van der Waals surface area contributed by atoms with E-state index in [1.807, 2.05) is 6.07 Å². The van der Waals surface area contributed by atoms with Crippen LogP contribution in [-0.4, -0.2) is 20.9 Å². The second-order valence-corrected chi connectivity index (χ2v) is 8.59. The molecule has 8 heteroatoms. The minimum atomic E-state index is -3.86. The van der Waals surface area contributed by atoms with Gasteiger partial charge in [0.1, 0.15) is 10.6 Å². The van der Waals surface area contributed by atoms with Gasteiger partial charge in [0.25, 0.3) is 15.9 Å². The van der Waals surface area contributed by atoms with Crippen LogP contribution in [0.1, 0.15) is 17.3 Å². The van der Waals surface area contributed by atoms with Crippen molar-refractivity contribution in [1.29, 1.82) is 0 Å². The van der Waals surface area contributed by atoms with Crippen molar-refractivity contribution < 1.29 is 17.9 Å². The summed E-state index contributed by atoms with van der Waals surface area (Å²) in [5, 5.41) is 2.77. The van der Waals surface area contributed by atoms with E-state index in [0.29, 0.717) is 28.0 Å². The Morgan fingerprint density at radius 3 is 2.28 bits per heavy atom. The first-order chi connectivity index (χ1) is 13.9. The van der Waals surface area contributed by atoms with Crippen molar-refractivity contribution in [3.63, 3.8) is 0 Å². The Labute approximate surface area is 178 Å². The van der Waals surface area contributed by atoms with Gasteiger partial charge in [0, 0.05) is 21.4 Å². The standard InChI is InChI=1S/C21H19BrN2O4S/c1-2-28-19-13-8-16(22)14-20(19)29(26,27)24-18-11-9-17(10-12-18)23-21(25)15-6-4-3-5-7-15/h3-14,24H,2H2,1H3,(H,23,25). The highest BCUT2D eigenvalue weighted by Gasteiger charge is 2.20. The number of ether oxygens (including phenoxy) is 1. The van der Waals surface area contributed by atoms with Crippen LogP contribution in [0.25, 0.3) is 0 Å². The van der Waals surface area contributed by atoms with Gasteiger partial charge in [0.2, 0.25) is 0 Å². The van der Waals surface area contributed by atoms with Crippen molar-refractivity contribution in [3.8, 4) is 5.75 Å². The second kappa shape index (κ2) is 9.11. The Kier molecular flexibility index (Phi) is 6.56. The maximum atomic E-state index is 12.8. The van der Waals surface area contributed by atoms with Crippen LogP contribution < -0.4 is 14.8 Å². The van der Waals surface area contributed by atoms with Crippen molar-refractivity contribution in [3.05, 3.63) is 82.8 Å². The molecule has 0 aliphatic carbocycles. The average Bonchev–Trinajstić information content (AvgIpc) is 2.71. The second-order valence-electron chi connectivity index (χ2n) is 6.03. The van der Waals surface area contributed by atoms with Gasteiger partial charge in [-0.3, -0.25) is 9.52 Å². The molecular formula is C21H19BrN2O4S. The zero-order valence-corrected chi connectivity index (χ0v) is 18.0. The summed E-state index contributed by atoms with van der Waals surface area (Å²) in [6.45, 7) is 2.13. The highest BCUT2D eigenvalue weighted by molar-refractivity contribution is 9.10. The van der Waals surface area contributed by atoms with Gasteiger partial charge in [-0.1, -0.05) is 34.1 Å². The molecule has 0 unspecified atom stereocenters. The van der Waals surface area contributed by atoms with Gasteiger partial charge in [-0.05, 0) is 61.5 Å². The predicted octanol–water partition coefficient (Wildman–Crippen LogP) is 4.90. The first kappa shape index (κ1) is 20.9. The Morgan fingerprint density at radius 2 is 1.62 bits per heavy atom. The van der Waals surface area contributed by atoms with E-state index in [4.69, 9.17) is 4.74 Å². The van der Waals surface area contributed by atoms with Crippen molar-refractivity contribution in [2.75, 3.05) is 16.6 Å². The molecule has 0 bridgehead atoms. The van der Waals surface area contributed by atoms with Gasteiger partial charge in [0.15, 0.2) is 0 Å². The molecule has 0 aromatic heterocycles. The van der Waals surface area contributed by atoms with Crippen molar-refractivity contribution in [1.82, 2.24) is 0 Å². The average molecular weight is 475 g/mol. The number of hydrogen-bond acceptors (Lipinski definition) is 4. The zero-order valence-electron chi connectivity index (χ0n) is 15.6. The van der Waals surface area contributed by atoms with Gasteiger partial charge >= 0.3 is 0 Å². The number of halogens is 1. The number of nitrogens with one attached hydrogen (secondary N) is 2. The number of amides is 1. The summed E-state index contributed by atoms with van der Waals surface area (Å²) in [6.07, 6.45) is 0. The first-order valence-corrected chi connectivity index (χ1v) is 11.1. The van der Waals surface area contributed by atoms with Crippen molar-refractivity contribution in [2.24, 2.45) is 0 Å². The predicted molar refractivity (Wildman–Crippen MR) is 117 cm³/mol. The van der Waals surface area contributed by atoms with Gasteiger partial charge in [-0.2, -0.15) is 0 Å². The van der Waals surface area contributed by atoms with E-state index in [0.717, 1.165) is 0 Å². The van der Waals surface area contributed by atoms with Gasteiger partial charge in [-0.15, -0.1) is 0 Å². The highest BCUT2D eigenvalue weighted by Crippen LogP contribution is 2.29. The van der Waals surface area contributed by atoms with E-state index in [9.17, 15) is 13.2 Å². The minimum Gasteiger partial charge on any atom is -0.492 e. The number of anilines is 2. The summed E-state index contributed by atoms with van der Waals surface area (Å²) in [5.41, 5.74) is 1.46. The number of rotatable bonds is 7. The van der Waals surface area contributed by atoms with Crippen LogP contribution in [0.3, 0.4) is 0 Å². The molecule has 3 aromatic carbocycles. The molecule has 150 valence electrons. The van der Waals surface area contributed by atoms with Crippen LogP contribution in [0.2, 0.25) is 0 Å². The molecular weight excluding hydrogens is 456 g/mol. The van der Waals surface area contributed by atoms with Crippen LogP contribution in [0.5, 0.6) is 5.75 Å². The van der Waals surface area contributed by atoms with E-state index >= 15 is 0 Å². The maximum absolute atomic E-state index is 12.8. The molecule has 0 radical (unpaired) electrons. The van der Waals surface area contributed by atoms with E-state index < -0.39 is 10.0 Å². The van der Waals surface area contributed by atoms with Gasteiger partial charge in [-0.25, -0.2) is 8.42 Å². The number of hydrogen-bond donors (Lipinski definition) is 2. The third-order valence-corrected chi connectivity index (χ3v) is 5.82. The summed E-state index contributed by atoms with van der Waals surface area (Å²) in [5.74, 6) is 0.0318. The normalized spacial score (nSPS) is 11.0. The number of carbonyl (C=O) groups is 1. The fourth-order valence-electron chi connectivity index (χ4n) is 2.59. The van der Waals surface area contributed by atoms with Crippen LogP contribution >= 0.6 is 15.9 Å². The van der Waals surface area contributed by atoms with Gasteiger partial charge in [0.05, 0.1) is 6.61 Å². The molecule has 0 saturated heterocycles. The van der Waals surface area contributed by atoms with E-state index in [1.54, 1.807) is 67.6 Å². The first-order valence-electron chi connectivity index (χ1n) is 8.80. The van der Waals surface area contributed by atoms with Crippen LogP contribution in [-0.2, 0) is 10.0 Å². The Hall–Kier alpha value is -2.84. The molecule has 0 fully saturated rings. The minimum absolute atomic E-state index is 0.0372. The highest BCUT2D eigenvalue weighted by atomic mass is 79.9. The maximum Gasteiger partial charge on any atom is 0.265 e. The topological polar surface area (TPSA) is 84.5 Å². The molecule has 1 amide bonds. The van der Waals surface area contributed by atoms with Crippen LogP contribution in [0, 0.1) is 0 Å². The molecule has 2 N–H and O–H groups in total. The van der Waals surface area contributed by atoms with Crippen LogP contribution in [0.15, 0.2) is 82.2 Å². The molecule has 0 aliphatic rings. The summed E-state index contributed by atoms with van der Waals surface area (Å²) in [4.78, 5) is 12.2. The smallest absolute Gasteiger partial charge is 0.265 e. The SMILES string of the molecule is CCOc1ccc(Br)cc1S(=O)(=O)Nc1ccc(NC(=O)c2ccccc2)cc1. The van der Waals surface area contributed by atoms with E-state index in [1.165, 1.54) is 6.07 Å². The molecule has 0 atom stereocenters. The monoisotopic (exact) mass is 474 g/mol. The van der Waals surface area contributed by atoms with E-state index in [-0.39, 0.29) is 16.6 Å². The quantitative estimate of drug-likeness (QED) is 0.509. The molecule has 0 aliphatic heterocycles. The molecule has 29 heavy (non-hydrogen) atoms. The van der Waals surface area contributed by atoms with Crippen LogP contribution in [0.4, 0.5) is 11.4 Å². The Balaban J connectivity index is 1.75. The van der Waals surface area contributed by atoms with Crippen molar-refractivity contribution >= 4 is 43.2 Å². The lowest BCUT2D eigenvalue weighted by Gasteiger charge is -2.13. The lowest BCUT2D eigenvalue weighted by atomic mass is 10.2. The summed E-state index contributed by atoms with van der Waals surface area (Å²) in [6, 6.07) is 20.0. The molecule has 0 heterocycles. The number of sulfonamides is 1. The third kappa shape index (κ3) is 5.36. The number of benzene rings is 3. The molecule has 0 spiro atoms. The molecule has 6 nitrogen and oxygen atoms in total. The van der Waals surface area contributed by atoms with Gasteiger partial charge < -0.3 is 10.1 Å². The number of carbonyl (C=O) groups excluding carboxylic acids is 1. The summed E-state index contributed by atoms with van der Waals surface area (Å²) < 4.78 is 34.2. The third-order valence-electron chi connectivity index (χ3n) is 3.93. The largest absolute Gasteiger partial charge is 0.492 e. The summed E-state index contributed by atoms with van der Waals surface area (Å²) in [7, 11) is -3.86. The molecule has 0 saturated carbocycles. The Bertz CT molecular complexity index is 1100. The zero-order chi connectivity index (χ0) is 20.9. The Morgan fingerprint density at radius 1 is 0.966 bits per heavy atom. The lowest BCUT2D eigenvalue weighted by molar-refractivity contribution is 0.102. The van der Waals surface area contributed by atoms with E-state index in [2.05, 4.69) is 26.0 Å². The fourth-order valence-corrected chi connectivity index (χ4v) is 4.33. The lowest BCUT2D eigenvalue weighted by Crippen LogP contribution is -2.15. The van der Waals surface area contributed by atoms with Crippen molar-refractivity contribution in [2.45, 2.75) is 11.8 Å².